The average Bonchev–Trinajstić information content (AvgIpc) is 2.51. The molecule has 0 aliphatic carbocycles. The van der Waals surface area contributed by atoms with Gasteiger partial charge in [-0.05, 0) is 32.9 Å². The number of amides is 1. The third-order valence-electron chi connectivity index (χ3n) is 3.66. The average molecular weight is 320 g/mol. The van der Waals surface area contributed by atoms with E-state index in [4.69, 9.17) is 4.74 Å². The lowest BCUT2D eigenvalue weighted by molar-refractivity contribution is 0.0146. The molecular weight excluding hydrogens is 292 g/mol. The molecule has 2 heterocycles. The highest BCUT2D eigenvalue weighted by Gasteiger charge is 2.25. The van der Waals surface area contributed by atoms with E-state index in [1.54, 1.807) is 4.90 Å². The maximum atomic E-state index is 12.0. The van der Waals surface area contributed by atoms with Crippen molar-refractivity contribution < 1.29 is 9.53 Å². The number of carbonyl (C=O) groups excluding carboxylic acids is 1. The number of rotatable bonds is 5. The summed E-state index contributed by atoms with van der Waals surface area (Å²) in [6.07, 6.45) is 1.61. The Morgan fingerprint density at radius 3 is 2.61 bits per heavy atom. The van der Waals surface area contributed by atoms with Crippen molar-refractivity contribution in [2.24, 2.45) is 0 Å². The Morgan fingerprint density at radius 2 is 2.00 bits per heavy atom. The molecule has 128 valence electrons. The van der Waals surface area contributed by atoms with Gasteiger partial charge in [-0.2, -0.15) is 0 Å². The van der Waals surface area contributed by atoms with E-state index in [1.165, 1.54) is 0 Å². The van der Waals surface area contributed by atoms with E-state index < -0.39 is 5.60 Å². The molecule has 23 heavy (non-hydrogen) atoms. The van der Waals surface area contributed by atoms with Crippen molar-refractivity contribution in [1.82, 2.24) is 20.1 Å². The summed E-state index contributed by atoms with van der Waals surface area (Å²) in [5, 5.41) is 3.40. The Labute approximate surface area is 138 Å². The van der Waals surface area contributed by atoms with Gasteiger partial charge < -0.3 is 15.0 Å². The van der Waals surface area contributed by atoms with Crippen molar-refractivity contribution in [1.29, 1.82) is 0 Å². The number of hydrogen-bond donors (Lipinski definition) is 1. The first-order valence-corrected chi connectivity index (χ1v) is 8.25. The zero-order valence-corrected chi connectivity index (χ0v) is 14.4. The summed E-state index contributed by atoms with van der Waals surface area (Å²) in [7, 11) is 0. The quantitative estimate of drug-likeness (QED) is 0.837. The van der Waals surface area contributed by atoms with E-state index in [1.807, 2.05) is 45.2 Å². The second-order valence-corrected chi connectivity index (χ2v) is 6.81. The van der Waals surface area contributed by atoms with Gasteiger partial charge in [0.2, 0.25) is 0 Å². The van der Waals surface area contributed by atoms with Crippen LogP contribution in [-0.2, 0) is 11.3 Å². The maximum absolute atomic E-state index is 12.0. The van der Waals surface area contributed by atoms with Gasteiger partial charge in [0.15, 0.2) is 0 Å². The van der Waals surface area contributed by atoms with Crippen LogP contribution in [0.2, 0.25) is 0 Å². The topological polar surface area (TPSA) is 57.7 Å². The fourth-order valence-electron chi connectivity index (χ4n) is 2.44. The van der Waals surface area contributed by atoms with Crippen LogP contribution in [0.3, 0.4) is 0 Å². The summed E-state index contributed by atoms with van der Waals surface area (Å²) in [5.74, 6) is 0. The zero-order valence-electron chi connectivity index (χ0n) is 14.4. The summed E-state index contributed by atoms with van der Waals surface area (Å²) in [4.78, 5) is 20.5. The molecule has 1 aliphatic heterocycles. The number of piperazine rings is 1. The molecule has 0 spiro atoms. The lowest BCUT2D eigenvalue weighted by Gasteiger charge is -2.35. The van der Waals surface area contributed by atoms with Gasteiger partial charge in [0.25, 0.3) is 0 Å². The summed E-state index contributed by atoms with van der Waals surface area (Å²) < 4.78 is 5.41. The maximum Gasteiger partial charge on any atom is 0.410 e. The van der Waals surface area contributed by atoms with Gasteiger partial charge in [-0.3, -0.25) is 9.88 Å². The molecule has 0 atom stereocenters. The predicted octanol–water partition coefficient (Wildman–Crippen LogP) is 1.72. The van der Waals surface area contributed by atoms with E-state index in [0.717, 1.165) is 51.5 Å². The van der Waals surface area contributed by atoms with Gasteiger partial charge in [-0.25, -0.2) is 4.79 Å². The molecule has 6 heteroatoms. The molecule has 6 nitrogen and oxygen atoms in total. The fourth-order valence-corrected chi connectivity index (χ4v) is 2.44. The SMILES string of the molecule is CC(C)(C)OC(=O)N1CCN(CCNCc2ccccn2)CC1. The Balaban J connectivity index is 1.60. The molecule has 1 aromatic rings. The van der Waals surface area contributed by atoms with Crippen LogP contribution in [0.15, 0.2) is 24.4 Å². The molecule has 2 rings (SSSR count). The molecule has 1 aliphatic rings. The lowest BCUT2D eigenvalue weighted by Crippen LogP contribution is -2.51. The molecule has 1 amide bonds. The Hall–Kier alpha value is -1.66. The van der Waals surface area contributed by atoms with Crippen LogP contribution >= 0.6 is 0 Å². The van der Waals surface area contributed by atoms with Crippen LogP contribution in [0.4, 0.5) is 4.79 Å². The minimum absolute atomic E-state index is 0.203. The van der Waals surface area contributed by atoms with Gasteiger partial charge in [-0.15, -0.1) is 0 Å². The van der Waals surface area contributed by atoms with Gasteiger partial charge in [0.1, 0.15) is 5.60 Å². The van der Waals surface area contributed by atoms with E-state index in [9.17, 15) is 4.79 Å². The number of nitrogens with one attached hydrogen (secondary N) is 1. The highest BCUT2D eigenvalue weighted by atomic mass is 16.6. The molecule has 0 bridgehead atoms. The first-order valence-electron chi connectivity index (χ1n) is 8.25. The second-order valence-electron chi connectivity index (χ2n) is 6.81. The number of carbonyl (C=O) groups is 1. The van der Waals surface area contributed by atoms with Gasteiger partial charge in [0.05, 0.1) is 5.69 Å². The smallest absolute Gasteiger partial charge is 0.410 e. The van der Waals surface area contributed by atoms with E-state index in [-0.39, 0.29) is 6.09 Å². The van der Waals surface area contributed by atoms with Crippen LogP contribution < -0.4 is 5.32 Å². The molecule has 0 unspecified atom stereocenters. The normalized spacial score (nSPS) is 16.4. The largest absolute Gasteiger partial charge is 0.444 e. The molecule has 0 radical (unpaired) electrons. The molecule has 1 aromatic heterocycles. The third-order valence-corrected chi connectivity index (χ3v) is 3.66. The molecular formula is C17H28N4O2. The van der Waals surface area contributed by atoms with Crippen molar-refractivity contribution >= 4 is 6.09 Å². The number of hydrogen-bond acceptors (Lipinski definition) is 5. The minimum atomic E-state index is -0.427. The van der Waals surface area contributed by atoms with Crippen molar-refractivity contribution in [2.45, 2.75) is 32.9 Å². The summed E-state index contributed by atoms with van der Waals surface area (Å²) in [5.41, 5.74) is 0.631. The van der Waals surface area contributed by atoms with Crippen LogP contribution in [0, 0.1) is 0 Å². The number of aromatic nitrogens is 1. The Kier molecular flexibility index (Phi) is 6.36. The molecule has 1 N–H and O–H groups in total. The third kappa shape index (κ3) is 6.54. The van der Waals surface area contributed by atoms with Crippen molar-refractivity contribution in [3.05, 3.63) is 30.1 Å². The molecule has 1 fully saturated rings. The molecule has 0 saturated carbocycles. The number of pyridine rings is 1. The number of nitrogens with zero attached hydrogens (tertiary/aromatic N) is 3. The summed E-state index contributed by atoms with van der Waals surface area (Å²) in [6, 6.07) is 5.94. The van der Waals surface area contributed by atoms with Crippen molar-refractivity contribution in [3.63, 3.8) is 0 Å². The standard InChI is InChI=1S/C17H28N4O2/c1-17(2,3)23-16(22)21-12-10-20(11-13-21)9-8-18-14-15-6-4-5-7-19-15/h4-7,18H,8-14H2,1-3H3. The first-order chi connectivity index (χ1) is 10.9. The summed E-state index contributed by atoms with van der Waals surface area (Å²) in [6.45, 7) is 11.6. The van der Waals surface area contributed by atoms with Gasteiger partial charge in [0, 0.05) is 52.0 Å². The second kappa shape index (κ2) is 8.26. The molecule has 1 saturated heterocycles. The Bertz CT molecular complexity index is 479. The van der Waals surface area contributed by atoms with E-state index in [0.29, 0.717) is 0 Å². The Morgan fingerprint density at radius 1 is 1.26 bits per heavy atom. The lowest BCUT2D eigenvalue weighted by atomic mass is 10.2. The number of ether oxygens (including phenoxy) is 1. The fraction of sp³-hybridized carbons (Fsp3) is 0.647. The highest BCUT2D eigenvalue weighted by molar-refractivity contribution is 5.68. The first kappa shape index (κ1) is 17.7. The van der Waals surface area contributed by atoms with Crippen LogP contribution in [0.1, 0.15) is 26.5 Å². The minimum Gasteiger partial charge on any atom is -0.444 e. The van der Waals surface area contributed by atoms with E-state index >= 15 is 0 Å². The van der Waals surface area contributed by atoms with E-state index in [2.05, 4.69) is 15.2 Å². The highest BCUT2D eigenvalue weighted by Crippen LogP contribution is 2.11. The van der Waals surface area contributed by atoms with Crippen molar-refractivity contribution in [2.75, 3.05) is 39.3 Å². The van der Waals surface area contributed by atoms with Crippen molar-refractivity contribution in [3.8, 4) is 0 Å². The van der Waals surface area contributed by atoms with Crippen LogP contribution in [0.25, 0.3) is 0 Å². The zero-order chi connectivity index (χ0) is 16.7. The predicted molar refractivity (Wildman–Crippen MR) is 90.2 cm³/mol. The molecule has 0 aromatic carbocycles. The van der Waals surface area contributed by atoms with Crippen LogP contribution in [-0.4, -0.2) is 65.7 Å². The van der Waals surface area contributed by atoms with Gasteiger partial charge >= 0.3 is 6.09 Å². The monoisotopic (exact) mass is 320 g/mol. The van der Waals surface area contributed by atoms with Crippen LogP contribution in [0.5, 0.6) is 0 Å². The van der Waals surface area contributed by atoms with Gasteiger partial charge in [-0.1, -0.05) is 6.07 Å². The summed E-state index contributed by atoms with van der Waals surface area (Å²) >= 11 is 0.